The minimum absolute atomic E-state index is 0.178. The number of carbonyl (C=O) groups excluding carboxylic acids is 2. The summed E-state index contributed by atoms with van der Waals surface area (Å²) in [6, 6.07) is 6.83. The standard InChI is InChI=1S/C19H22ClNO4/c1-6-21-12(3)16(11(2)17(21)19(23)24-5)18(22)13(4)25-15-9-7-14(20)8-10-15/h7-10,13H,6H2,1-5H3/t13-/m0/s1. The van der Waals surface area contributed by atoms with Crippen molar-refractivity contribution in [3.63, 3.8) is 0 Å². The number of ether oxygens (including phenoxy) is 2. The molecule has 0 spiro atoms. The topological polar surface area (TPSA) is 57.5 Å². The van der Waals surface area contributed by atoms with Gasteiger partial charge < -0.3 is 14.0 Å². The molecule has 134 valence electrons. The molecule has 0 radical (unpaired) electrons. The predicted octanol–water partition coefficient (Wildman–Crippen LogP) is 4.22. The number of benzene rings is 1. The quantitative estimate of drug-likeness (QED) is 0.569. The molecule has 0 aliphatic rings. The van der Waals surface area contributed by atoms with Crippen LogP contribution in [0.2, 0.25) is 5.02 Å². The lowest BCUT2D eigenvalue weighted by molar-refractivity contribution is 0.0587. The van der Waals surface area contributed by atoms with Crippen LogP contribution >= 0.6 is 11.6 Å². The van der Waals surface area contributed by atoms with Crippen LogP contribution in [0.4, 0.5) is 0 Å². The van der Waals surface area contributed by atoms with Gasteiger partial charge in [-0.15, -0.1) is 0 Å². The number of carbonyl (C=O) groups is 2. The van der Waals surface area contributed by atoms with Gasteiger partial charge in [0.05, 0.1) is 7.11 Å². The maximum atomic E-state index is 12.9. The van der Waals surface area contributed by atoms with E-state index in [1.807, 2.05) is 13.8 Å². The van der Waals surface area contributed by atoms with Crippen LogP contribution in [-0.4, -0.2) is 29.5 Å². The molecule has 0 fully saturated rings. The fraction of sp³-hybridized carbons (Fsp3) is 0.368. The Bertz CT molecular complexity index is 793. The number of hydrogen-bond acceptors (Lipinski definition) is 4. The molecule has 5 nitrogen and oxygen atoms in total. The average Bonchev–Trinajstić information content (AvgIpc) is 2.85. The monoisotopic (exact) mass is 363 g/mol. The van der Waals surface area contributed by atoms with Crippen LogP contribution in [0.3, 0.4) is 0 Å². The van der Waals surface area contributed by atoms with E-state index in [2.05, 4.69) is 0 Å². The second kappa shape index (κ2) is 7.74. The van der Waals surface area contributed by atoms with Gasteiger partial charge in [0.1, 0.15) is 11.4 Å². The number of methoxy groups -OCH3 is 1. The van der Waals surface area contributed by atoms with Crippen LogP contribution in [0.15, 0.2) is 24.3 Å². The van der Waals surface area contributed by atoms with E-state index in [9.17, 15) is 9.59 Å². The van der Waals surface area contributed by atoms with Crippen molar-refractivity contribution in [3.8, 4) is 5.75 Å². The fourth-order valence-electron chi connectivity index (χ4n) is 2.99. The van der Waals surface area contributed by atoms with Gasteiger partial charge in [0, 0.05) is 22.8 Å². The number of esters is 1. The first-order chi connectivity index (χ1) is 11.8. The van der Waals surface area contributed by atoms with Crippen molar-refractivity contribution >= 4 is 23.4 Å². The van der Waals surface area contributed by atoms with Gasteiger partial charge in [-0.3, -0.25) is 4.79 Å². The van der Waals surface area contributed by atoms with Gasteiger partial charge in [0.2, 0.25) is 5.78 Å². The predicted molar refractivity (Wildman–Crippen MR) is 96.8 cm³/mol. The van der Waals surface area contributed by atoms with Crippen LogP contribution < -0.4 is 4.74 Å². The summed E-state index contributed by atoms with van der Waals surface area (Å²) in [5.74, 6) is -0.0706. The number of Topliss-reactive ketones (excluding diaryl/α,β-unsaturated/α-hetero) is 1. The molecule has 0 amide bonds. The van der Waals surface area contributed by atoms with Gasteiger partial charge >= 0.3 is 5.97 Å². The van der Waals surface area contributed by atoms with Gasteiger partial charge in [-0.2, -0.15) is 0 Å². The third kappa shape index (κ3) is 3.71. The van der Waals surface area contributed by atoms with E-state index in [0.717, 1.165) is 5.69 Å². The Labute approximate surface area is 152 Å². The van der Waals surface area contributed by atoms with E-state index in [1.165, 1.54) is 7.11 Å². The highest BCUT2D eigenvalue weighted by molar-refractivity contribution is 6.30. The second-order valence-electron chi connectivity index (χ2n) is 5.75. The van der Waals surface area contributed by atoms with Crippen LogP contribution in [-0.2, 0) is 11.3 Å². The maximum Gasteiger partial charge on any atom is 0.354 e. The molecule has 0 aliphatic heterocycles. The number of nitrogens with zero attached hydrogens (tertiary/aromatic N) is 1. The van der Waals surface area contributed by atoms with Crippen molar-refractivity contribution in [3.05, 3.63) is 51.8 Å². The van der Waals surface area contributed by atoms with Crippen LogP contribution in [0, 0.1) is 13.8 Å². The molecular formula is C19H22ClNO4. The molecule has 0 N–H and O–H groups in total. The molecule has 2 rings (SSSR count). The summed E-state index contributed by atoms with van der Waals surface area (Å²) in [4.78, 5) is 25.0. The first-order valence-electron chi connectivity index (χ1n) is 8.06. The first-order valence-corrected chi connectivity index (χ1v) is 8.44. The van der Waals surface area contributed by atoms with Crippen molar-refractivity contribution in [2.24, 2.45) is 0 Å². The molecule has 1 heterocycles. The highest BCUT2D eigenvalue weighted by Crippen LogP contribution is 2.26. The van der Waals surface area contributed by atoms with Gasteiger partial charge in [-0.1, -0.05) is 11.6 Å². The normalized spacial score (nSPS) is 11.9. The Morgan fingerprint density at radius 1 is 1.20 bits per heavy atom. The van der Waals surface area contributed by atoms with Gasteiger partial charge in [-0.05, 0) is 57.5 Å². The Balaban J connectivity index is 2.36. The number of hydrogen-bond donors (Lipinski definition) is 0. The Morgan fingerprint density at radius 2 is 1.80 bits per heavy atom. The second-order valence-corrected chi connectivity index (χ2v) is 6.18. The summed E-state index contributed by atoms with van der Waals surface area (Å²) in [6.45, 7) is 7.76. The zero-order valence-corrected chi connectivity index (χ0v) is 15.8. The number of aromatic nitrogens is 1. The SMILES string of the molecule is CCn1c(C)c(C(=O)[C@H](C)Oc2ccc(Cl)cc2)c(C)c1C(=O)OC. The number of halogens is 1. The van der Waals surface area contributed by atoms with Crippen LogP contribution in [0.25, 0.3) is 0 Å². The molecule has 6 heteroatoms. The third-order valence-electron chi connectivity index (χ3n) is 4.20. The molecule has 0 unspecified atom stereocenters. The largest absolute Gasteiger partial charge is 0.483 e. The number of ketones is 1. The Morgan fingerprint density at radius 3 is 2.32 bits per heavy atom. The summed E-state index contributed by atoms with van der Waals surface area (Å²) in [5.41, 5.74) is 2.26. The van der Waals surface area contributed by atoms with Crippen molar-refractivity contribution in [2.75, 3.05) is 7.11 Å². The molecule has 1 atom stereocenters. The Hall–Kier alpha value is -2.27. The van der Waals surface area contributed by atoms with E-state index >= 15 is 0 Å². The molecule has 2 aromatic rings. The van der Waals surface area contributed by atoms with Crippen LogP contribution in [0.5, 0.6) is 5.75 Å². The molecule has 1 aromatic heterocycles. The van der Waals surface area contributed by atoms with Crippen molar-refractivity contribution < 1.29 is 19.1 Å². The molecule has 25 heavy (non-hydrogen) atoms. The minimum Gasteiger partial charge on any atom is -0.483 e. The maximum absolute atomic E-state index is 12.9. The van der Waals surface area contributed by atoms with E-state index in [1.54, 1.807) is 42.7 Å². The van der Waals surface area contributed by atoms with E-state index in [-0.39, 0.29) is 5.78 Å². The molecule has 0 saturated heterocycles. The molecular weight excluding hydrogens is 342 g/mol. The van der Waals surface area contributed by atoms with Gasteiger partial charge in [0.15, 0.2) is 6.10 Å². The van der Waals surface area contributed by atoms with Crippen molar-refractivity contribution in [1.29, 1.82) is 0 Å². The minimum atomic E-state index is -0.697. The molecule has 1 aromatic carbocycles. The molecule has 0 aliphatic carbocycles. The van der Waals surface area contributed by atoms with E-state index in [0.29, 0.717) is 34.1 Å². The number of rotatable bonds is 6. The van der Waals surface area contributed by atoms with Gasteiger partial charge in [-0.25, -0.2) is 4.79 Å². The molecule has 0 bridgehead atoms. The highest BCUT2D eigenvalue weighted by atomic mass is 35.5. The Kier molecular flexibility index (Phi) is 5.90. The lowest BCUT2D eigenvalue weighted by atomic mass is 10.0. The summed E-state index contributed by atoms with van der Waals surface area (Å²) in [6.07, 6.45) is -0.697. The van der Waals surface area contributed by atoms with E-state index in [4.69, 9.17) is 21.1 Å². The third-order valence-corrected chi connectivity index (χ3v) is 4.46. The summed E-state index contributed by atoms with van der Waals surface area (Å²) >= 11 is 5.86. The average molecular weight is 364 g/mol. The zero-order chi connectivity index (χ0) is 18.7. The zero-order valence-electron chi connectivity index (χ0n) is 15.1. The van der Waals surface area contributed by atoms with Crippen molar-refractivity contribution in [2.45, 2.75) is 40.3 Å². The lowest BCUT2D eigenvalue weighted by Crippen LogP contribution is -2.25. The lowest BCUT2D eigenvalue weighted by Gasteiger charge is -2.14. The highest BCUT2D eigenvalue weighted by Gasteiger charge is 2.29. The first kappa shape index (κ1) is 19.1. The summed E-state index contributed by atoms with van der Waals surface area (Å²) in [7, 11) is 1.33. The van der Waals surface area contributed by atoms with Gasteiger partial charge in [0.25, 0.3) is 0 Å². The summed E-state index contributed by atoms with van der Waals surface area (Å²) in [5, 5.41) is 0.598. The molecule has 0 saturated carbocycles. The summed E-state index contributed by atoms with van der Waals surface area (Å²) < 4.78 is 12.4. The smallest absolute Gasteiger partial charge is 0.354 e. The fourth-order valence-corrected chi connectivity index (χ4v) is 3.11. The van der Waals surface area contributed by atoms with E-state index < -0.39 is 12.1 Å². The van der Waals surface area contributed by atoms with Crippen molar-refractivity contribution in [1.82, 2.24) is 4.57 Å². The van der Waals surface area contributed by atoms with Crippen LogP contribution in [0.1, 0.15) is 46.0 Å².